The highest BCUT2D eigenvalue weighted by Crippen LogP contribution is 2.23. The molecule has 0 aromatic heterocycles. The van der Waals surface area contributed by atoms with Crippen LogP contribution in [0.3, 0.4) is 0 Å². The van der Waals surface area contributed by atoms with Crippen LogP contribution in [0.25, 0.3) is 0 Å². The predicted molar refractivity (Wildman–Crippen MR) is 48.5 cm³/mol. The van der Waals surface area contributed by atoms with Gasteiger partial charge in [0.05, 0.1) is 0 Å². The Morgan fingerprint density at radius 1 is 1.45 bits per heavy atom. The molecule has 11 heavy (non-hydrogen) atoms. The second-order valence-electron chi connectivity index (χ2n) is 3.66. The summed E-state index contributed by atoms with van der Waals surface area (Å²) in [7, 11) is 1.67. The lowest BCUT2D eigenvalue weighted by molar-refractivity contribution is 0.250. The fourth-order valence-corrected chi connectivity index (χ4v) is 1.76. The van der Waals surface area contributed by atoms with E-state index in [1.54, 1.807) is 7.05 Å². The Morgan fingerprint density at radius 2 is 2.09 bits per heavy atom. The maximum Gasteiger partial charge on any atom is 0.0394 e. The number of hydrogen-bond acceptors (Lipinski definition) is 2. The molecule has 1 fully saturated rings. The Balaban J connectivity index is 2.31. The van der Waals surface area contributed by atoms with E-state index >= 15 is 0 Å². The molecule has 0 radical (unpaired) electrons. The molecule has 2 nitrogen and oxygen atoms in total. The van der Waals surface area contributed by atoms with Gasteiger partial charge in [-0.05, 0) is 45.6 Å². The lowest BCUT2D eigenvalue weighted by Gasteiger charge is -2.28. The molecule has 1 saturated carbocycles. The summed E-state index contributed by atoms with van der Waals surface area (Å²) in [4.78, 5) is 1.47. The summed E-state index contributed by atoms with van der Waals surface area (Å²) in [5.74, 6) is 0.514. The van der Waals surface area contributed by atoms with E-state index in [0.29, 0.717) is 18.5 Å². The molecule has 2 heteroatoms. The molecule has 0 aliphatic heterocycles. The zero-order valence-corrected chi connectivity index (χ0v) is 7.21. The lowest BCUT2D eigenvalue weighted by Crippen LogP contribution is -2.31. The van der Waals surface area contributed by atoms with E-state index in [4.69, 9.17) is 9.85 Å². The quantitative estimate of drug-likeness (QED) is 0.653. The zero-order chi connectivity index (χ0) is 10.8. The van der Waals surface area contributed by atoms with Crippen molar-refractivity contribution >= 4 is 0 Å². The van der Waals surface area contributed by atoms with Crippen molar-refractivity contribution in [2.75, 3.05) is 20.6 Å². The van der Waals surface area contributed by atoms with Crippen LogP contribution in [0.2, 0.25) is 0 Å². The van der Waals surface area contributed by atoms with Crippen LogP contribution in [0.1, 0.15) is 29.8 Å². The van der Waals surface area contributed by atoms with Gasteiger partial charge in [-0.3, -0.25) is 0 Å². The predicted octanol–water partition coefficient (Wildman–Crippen LogP) is 1.07. The van der Waals surface area contributed by atoms with Gasteiger partial charge in [0.15, 0.2) is 0 Å². The van der Waals surface area contributed by atoms with Gasteiger partial charge in [0, 0.05) is 16.7 Å². The van der Waals surface area contributed by atoms with Crippen molar-refractivity contribution in [3.63, 3.8) is 0 Å². The van der Waals surface area contributed by atoms with E-state index in [1.165, 1.54) is 4.90 Å². The van der Waals surface area contributed by atoms with Gasteiger partial charge in [-0.1, -0.05) is 0 Å². The molecule has 0 heterocycles. The van der Waals surface area contributed by atoms with Crippen molar-refractivity contribution in [1.29, 1.82) is 0 Å². The Hall–Kier alpha value is -0.0800. The van der Waals surface area contributed by atoms with E-state index in [1.807, 2.05) is 0 Å². The van der Waals surface area contributed by atoms with Crippen LogP contribution in [0.15, 0.2) is 0 Å². The van der Waals surface area contributed by atoms with Gasteiger partial charge in [-0.2, -0.15) is 0 Å². The maximum absolute atomic E-state index is 7.23. The highest BCUT2D eigenvalue weighted by Gasteiger charge is 2.18. The minimum Gasteiger partial charge on any atom is -0.328 e. The van der Waals surface area contributed by atoms with Crippen LogP contribution in [0.5, 0.6) is 0 Å². The molecule has 1 aliphatic carbocycles. The van der Waals surface area contributed by atoms with Gasteiger partial charge in [0.1, 0.15) is 0 Å². The molecule has 66 valence electrons. The topological polar surface area (TPSA) is 29.3 Å². The molecule has 0 atom stereocenters. The largest absolute Gasteiger partial charge is 0.328 e. The summed E-state index contributed by atoms with van der Waals surface area (Å²) < 4.78 is 21.7. The van der Waals surface area contributed by atoms with Gasteiger partial charge in [0.25, 0.3) is 0 Å². The molecule has 0 amide bonds. The first-order valence-electron chi connectivity index (χ1n) is 5.86. The first-order valence-corrected chi connectivity index (χ1v) is 4.36. The van der Waals surface area contributed by atoms with Crippen LogP contribution in [-0.4, -0.2) is 31.5 Å². The van der Waals surface area contributed by atoms with Gasteiger partial charge in [-0.15, -0.1) is 0 Å². The molecule has 1 rings (SSSR count). The first-order chi connectivity index (χ1) is 6.39. The fraction of sp³-hybridized carbons (Fsp3) is 1.00. The Labute approximate surface area is 74.0 Å². The summed E-state index contributed by atoms with van der Waals surface area (Å²) in [6, 6.07) is 0.337. The fourth-order valence-electron chi connectivity index (χ4n) is 1.76. The molecule has 0 saturated heterocycles. The molecular formula is C9H20N2. The molecule has 0 aromatic rings. The van der Waals surface area contributed by atoms with Crippen molar-refractivity contribution in [2.45, 2.75) is 31.7 Å². The van der Waals surface area contributed by atoms with Crippen LogP contribution < -0.4 is 5.73 Å². The minimum atomic E-state index is -1.94. The molecule has 0 aromatic carbocycles. The first kappa shape index (κ1) is 5.55. The second-order valence-corrected chi connectivity index (χ2v) is 3.66. The number of nitrogens with zero attached hydrogens (tertiary/aromatic N) is 1. The van der Waals surface area contributed by atoms with Crippen molar-refractivity contribution < 1.29 is 4.11 Å². The number of hydrogen-bond donors (Lipinski definition) is 1. The summed E-state index contributed by atoms with van der Waals surface area (Å²) in [5, 5.41) is 0. The third kappa shape index (κ3) is 3.21. The highest BCUT2D eigenvalue weighted by molar-refractivity contribution is 4.75. The molecule has 0 bridgehead atoms. The van der Waals surface area contributed by atoms with Crippen molar-refractivity contribution in [2.24, 2.45) is 11.7 Å². The number of rotatable bonds is 2. The summed E-state index contributed by atoms with van der Waals surface area (Å²) in [6.45, 7) is -1.28. The maximum atomic E-state index is 7.23. The standard InChI is InChI=1S/C9H20N2/c1-11(2)7-8-3-5-9(10)6-4-8/h8-9H,3-7,10H2,1-2H3/i1D3. The van der Waals surface area contributed by atoms with E-state index in [-0.39, 0.29) is 0 Å². The SMILES string of the molecule is [2H]C([2H])([2H])N(C)CC1CCC(N)CC1. The van der Waals surface area contributed by atoms with Gasteiger partial charge < -0.3 is 10.6 Å². The van der Waals surface area contributed by atoms with E-state index < -0.39 is 6.98 Å². The minimum absolute atomic E-state index is 0.337. The van der Waals surface area contributed by atoms with Gasteiger partial charge in [0.2, 0.25) is 0 Å². The average molecular weight is 159 g/mol. The van der Waals surface area contributed by atoms with E-state index in [0.717, 1.165) is 25.7 Å². The molecule has 0 spiro atoms. The summed E-state index contributed by atoms with van der Waals surface area (Å²) >= 11 is 0. The lowest BCUT2D eigenvalue weighted by atomic mass is 9.86. The van der Waals surface area contributed by atoms with Gasteiger partial charge >= 0.3 is 0 Å². The number of nitrogens with two attached hydrogens (primary N) is 1. The van der Waals surface area contributed by atoms with Crippen LogP contribution in [0.4, 0.5) is 0 Å². The Morgan fingerprint density at radius 3 is 2.64 bits per heavy atom. The summed E-state index contributed by atoms with van der Waals surface area (Å²) in [6.07, 6.45) is 4.22. The van der Waals surface area contributed by atoms with Crippen molar-refractivity contribution in [1.82, 2.24) is 4.90 Å². The monoisotopic (exact) mass is 159 g/mol. The molecular weight excluding hydrogens is 136 g/mol. The Bertz CT molecular complexity index is 173. The van der Waals surface area contributed by atoms with Crippen LogP contribution >= 0.6 is 0 Å². The molecule has 2 N–H and O–H groups in total. The third-order valence-corrected chi connectivity index (χ3v) is 2.42. The zero-order valence-electron chi connectivity index (χ0n) is 10.2. The van der Waals surface area contributed by atoms with Crippen LogP contribution in [-0.2, 0) is 0 Å². The highest BCUT2D eigenvalue weighted by atomic mass is 15.1. The summed E-state index contributed by atoms with van der Waals surface area (Å²) in [5.41, 5.74) is 5.79. The normalized spacial score (nSPS) is 37.9. The van der Waals surface area contributed by atoms with Crippen LogP contribution in [0, 0.1) is 5.92 Å². The van der Waals surface area contributed by atoms with Gasteiger partial charge in [-0.25, -0.2) is 0 Å². The van der Waals surface area contributed by atoms with E-state index in [9.17, 15) is 0 Å². The molecule has 1 aliphatic rings. The second kappa shape index (κ2) is 4.07. The third-order valence-electron chi connectivity index (χ3n) is 2.42. The molecule has 0 unspecified atom stereocenters. The Kier molecular flexibility index (Phi) is 2.05. The average Bonchev–Trinajstić information content (AvgIpc) is 2.07. The smallest absolute Gasteiger partial charge is 0.0394 e. The van der Waals surface area contributed by atoms with Crippen molar-refractivity contribution in [3.05, 3.63) is 0 Å². The van der Waals surface area contributed by atoms with E-state index in [2.05, 4.69) is 0 Å². The van der Waals surface area contributed by atoms with Crippen molar-refractivity contribution in [3.8, 4) is 0 Å².